The van der Waals surface area contributed by atoms with Gasteiger partial charge in [-0.3, -0.25) is 0 Å². The first kappa shape index (κ1) is 9.53. The Hall–Kier alpha value is -1.02. The molecule has 0 heterocycles. The van der Waals surface area contributed by atoms with E-state index < -0.39 is 0 Å². The van der Waals surface area contributed by atoms with Gasteiger partial charge >= 0.3 is 0 Å². The molecule has 0 radical (unpaired) electrons. The van der Waals surface area contributed by atoms with Crippen LogP contribution in [0.3, 0.4) is 0 Å². The quantitative estimate of drug-likeness (QED) is 0.776. The third kappa shape index (κ3) is 2.74. The van der Waals surface area contributed by atoms with Crippen molar-refractivity contribution in [2.45, 2.75) is 25.9 Å². The first-order chi connectivity index (χ1) is 6.88. The molecule has 1 aromatic rings. The monoisotopic (exact) mass is 192 g/mol. The lowest BCUT2D eigenvalue weighted by Gasteiger charge is -2.06. The van der Waals surface area contributed by atoms with E-state index in [2.05, 4.69) is 0 Å². The highest BCUT2D eigenvalue weighted by Crippen LogP contribution is 2.32. The molecule has 2 rings (SSSR count). The summed E-state index contributed by atoms with van der Waals surface area (Å²) in [4.78, 5) is 0. The van der Waals surface area contributed by atoms with Crippen molar-refractivity contribution in [3.05, 3.63) is 29.8 Å². The molecule has 0 saturated heterocycles. The fourth-order valence-electron chi connectivity index (χ4n) is 1.48. The van der Waals surface area contributed by atoms with Crippen molar-refractivity contribution < 1.29 is 9.84 Å². The lowest BCUT2D eigenvalue weighted by Crippen LogP contribution is -1.98. The Morgan fingerprint density at radius 2 is 2.21 bits per heavy atom. The molecule has 1 saturated carbocycles. The molecule has 2 nitrogen and oxygen atoms in total. The van der Waals surface area contributed by atoms with Crippen LogP contribution in [0.4, 0.5) is 0 Å². The molecule has 0 spiro atoms. The van der Waals surface area contributed by atoms with Crippen molar-refractivity contribution >= 4 is 0 Å². The van der Waals surface area contributed by atoms with Crippen molar-refractivity contribution in [3.8, 4) is 5.75 Å². The van der Waals surface area contributed by atoms with Crippen LogP contribution in [0.15, 0.2) is 24.3 Å². The van der Waals surface area contributed by atoms with E-state index in [4.69, 9.17) is 9.84 Å². The Balaban J connectivity index is 1.81. The average Bonchev–Trinajstić information content (AvgIpc) is 3.02. The minimum absolute atomic E-state index is 0.0832. The van der Waals surface area contributed by atoms with Crippen molar-refractivity contribution in [1.29, 1.82) is 0 Å². The standard InChI is InChI=1S/C12H16O2/c13-9-11-2-1-3-12(8-11)14-7-6-10-4-5-10/h1-3,8,10,13H,4-7,9H2. The number of hydrogen-bond donors (Lipinski definition) is 1. The molecule has 0 aliphatic heterocycles. The molecule has 76 valence electrons. The topological polar surface area (TPSA) is 29.5 Å². The predicted octanol–water partition coefficient (Wildman–Crippen LogP) is 2.36. The highest BCUT2D eigenvalue weighted by Gasteiger charge is 2.20. The zero-order chi connectivity index (χ0) is 9.80. The van der Waals surface area contributed by atoms with Crippen molar-refractivity contribution in [1.82, 2.24) is 0 Å². The Kier molecular flexibility index (Phi) is 3.04. The number of hydrogen-bond acceptors (Lipinski definition) is 2. The minimum Gasteiger partial charge on any atom is -0.494 e. The largest absolute Gasteiger partial charge is 0.494 e. The molecular weight excluding hydrogens is 176 g/mol. The number of rotatable bonds is 5. The second kappa shape index (κ2) is 4.47. The van der Waals surface area contributed by atoms with Gasteiger partial charge in [0, 0.05) is 0 Å². The van der Waals surface area contributed by atoms with Gasteiger partial charge in [-0.05, 0) is 30.0 Å². The first-order valence-electron chi connectivity index (χ1n) is 5.21. The van der Waals surface area contributed by atoms with Gasteiger partial charge < -0.3 is 9.84 Å². The van der Waals surface area contributed by atoms with Crippen molar-refractivity contribution in [2.75, 3.05) is 6.61 Å². The summed E-state index contributed by atoms with van der Waals surface area (Å²) in [5, 5.41) is 8.93. The molecule has 0 aromatic heterocycles. The molecule has 0 bridgehead atoms. The minimum atomic E-state index is 0.0832. The van der Waals surface area contributed by atoms with E-state index >= 15 is 0 Å². The Bertz CT molecular complexity index is 292. The maximum Gasteiger partial charge on any atom is 0.119 e. The van der Waals surface area contributed by atoms with Crippen LogP contribution in [0.25, 0.3) is 0 Å². The van der Waals surface area contributed by atoms with Crippen molar-refractivity contribution in [3.63, 3.8) is 0 Å². The van der Waals surface area contributed by atoms with Gasteiger partial charge in [0.05, 0.1) is 13.2 Å². The Morgan fingerprint density at radius 1 is 1.36 bits per heavy atom. The summed E-state index contributed by atoms with van der Waals surface area (Å²) in [6.07, 6.45) is 3.92. The number of ether oxygens (including phenoxy) is 1. The smallest absolute Gasteiger partial charge is 0.119 e. The number of aliphatic hydroxyl groups excluding tert-OH is 1. The molecule has 1 aliphatic rings. The van der Waals surface area contributed by atoms with Crippen molar-refractivity contribution in [2.24, 2.45) is 5.92 Å². The highest BCUT2D eigenvalue weighted by molar-refractivity contribution is 5.27. The van der Waals surface area contributed by atoms with Gasteiger partial charge in [0.1, 0.15) is 5.75 Å². The van der Waals surface area contributed by atoms with Crippen LogP contribution in [0.1, 0.15) is 24.8 Å². The van der Waals surface area contributed by atoms with Crippen LogP contribution >= 0.6 is 0 Å². The van der Waals surface area contributed by atoms with Gasteiger partial charge in [-0.2, -0.15) is 0 Å². The van der Waals surface area contributed by atoms with E-state index in [1.165, 1.54) is 19.3 Å². The second-order valence-electron chi connectivity index (χ2n) is 3.89. The summed E-state index contributed by atoms with van der Waals surface area (Å²) in [6.45, 7) is 0.888. The van der Waals surface area contributed by atoms with Crippen LogP contribution in [-0.2, 0) is 6.61 Å². The zero-order valence-electron chi connectivity index (χ0n) is 8.28. The summed E-state index contributed by atoms with van der Waals surface area (Å²) >= 11 is 0. The Labute approximate surface area is 84.5 Å². The summed E-state index contributed by atoms with van der Waals surface area (Å²) in [5.41, 5.74) is 0.911. The number of benzene rings is 1. The van der Waals surface area contributed by atoms with Crippen LogP contribution in [0, 0.1) is 5.92 Å². The summed E-state index contributed by atoms with van der Waals surface area (Å²) in [7, 11) is 0. The Morgan fingerprint density at radius 3 is 2.93 bits per heavy atom. The lowest BCUT2D eigenvalue weighted by molar-refractivity contribution is 0.277. The molecule has 1 aromatic carbocycles. The van der Waals surface area contributed by atoms with Gasteiger partial charge in [0.15, 0.2) is 0 Å². The first-order valence-corrected chi connectivity index (χ1v) is 5.21. The third-order valence-corrected chi connectivity index (χ3v) is 2.57. The van der Waals surface area contributed by atoms with E-state index in [0.717, 1.165) is 23.8 Å². The molecule has 14 heavy (non-hydrogen) atoms. The summed E-state index contributed by atoms with van der Waals surface area (Å²) in [5.74, 6) is 1.79. The molecule has 1 N–H and O–H groups in total. The molecule has 1 fully saturated rings. The van der Waals surface area contributed by atoms with E-state index in [1.807, 2.05) is 24.3 Å². The summed E-state index contributed by atoms with van der Waals surface area (Å²) < 4.78 is 5.59. The lowest BCUT2D eigenvalue weighted by atomic mass is 10.2. The van der Waals surface area contributed by atoms with Crippen LogP contribution in [0.2, 0.25) is 0 Å². The normalized spacial score (nSPS) is 15.5. The maximum absolute atomic E-state index is 8.93. The van der Waals surface area contributed by atoms with Gasteiger partial charge in [-0.25, -0.2) is 0 Å². The zero-order valence-corrected chi connectivity index (χ0v) is 8.28. The molecule has 0 unspecified atom stereocenters. The second-order valence-corrected chi connectivity index (χ2v) is 3.89. The van der Waals surface area contributed by atoms with E-state index in [0.29, 0.717) is 0 Å². The molecule has 2 heteroatoms. The SMILES string of the molecule is OCc1cccc(OCCC2CC2)c1. The summed E-state index contributed by atoms with van der Waals surface area (Å²) in [6, 6.07) is 7.64. The van der Waals surface area contributed by atoms with Crippen LogP contribution in [0.5, 0.6) is 5.75 Å². The van der Waals surface area contributed by atoms with Gasteiger partial charge in [0.2, 0.25) is 0 Å². The molecule has 1 aliphatic carbocycles. The van der Waals surface area contributed by atoms with E-state index in [1.54, 1.807) is 0 Å². The molecule has 0 atom stereocenters. The highest BCUT2D eigenvalue weighted by atomic mass is 16.5. The maximum atomic E-state index is 8.93. The fourth-order valence-corrected chi connectivity index (χ4v) is 1.48. The van der Waals surface area contributed by atoms with Gasteiger partial charge in [-0.1, -0.05) is 25.0 Å². The van der Waals surface area contributed by atoms with Gasteiger partial charge in [0.25, 0.3) is 0 Å². The van der Waals surface area contributed by atoms with Crippen LogP contribution < -0.4 is 4.74 Å². The third-order valence-electron chi connectivity index (χ3n) is 2.57. The fraction of sp³-hybridized carbons (Fsp3) is 0.500. The van der Waals surface area contributed by atoms with E-state index in [-0.39, 0.29) is 6.61 Å². The number of aliphatic hydroxyl groups is 1. The van der Waals surface area contributed by atoms with Crippen LogP contribution in [-0.4, -0.2) is 11.7 Å². The van der Waals surface area contributed by atoms with E-state index in [9.17, 15) is 0 Å². The van der Waals surface area contributed by atoms with Gasteiger partial charge in [-0.15, -0.1) is 0 Å². The molecular formula is C12H16O2. The predicted molar refractivity (Wildman–Crippen MR) is 55.2 cm³/mol. The average molecular weight is 192 g/mol. The molecule has 0 amide bonds.